The summed E-state index contributed by atoms with van der Waals surface area (Å²) in [5.74, 6) is 0.0876. The van der Waals surface area contributed by atoms with Crippen molar-refractivity contribution in [3.8, 4) is 0 Å². The van der Waals surface area contributed by atoms with Crippen LogP contribution in [-0.2, 0) is 11.3 Å². The molecule has 0 unspecified atom stereocenters. The fourth-order valence-electron chi connectivity index (χ4n) is 2.48. The van der Waals surface area contributed by atoms with E-state index in [4.69, 9.17) is 5.73 Å². The lowest BCUT2D eigenvalue weighted by Crippen LogP contribution is -2.44. The molecule has 2 rings (SSSR count). The summed E-state index contributed by atoms with van der Waals surface area (Å²) in [6, 6.07) is 7.70. The lowest BCUT2D eigenvalue weighted by molar-refractivity contribution is -0.116. The van der Waals surface area contributed by atoms with Crippen molar-refractivity contribution in [1.29, 1.82) is 0 Å². The van der Waals surface area contributed by atoms with Crippen molar-refractivity contribution in [3.63, 3.8) is 0 Å². The standard InChI is InChI=1S/C16H26N4O/c1-19-9-11-20(12-10-19)8-2-3-16(21)18-15-6-4-14(13-17)5-7-15/h4-7H,2-3,8-13,17H2,1H3,(H,18,21). The summed E-state index contributed by atoms with van der Waals surface area (Å²) < 4.78 is 0. The van der Waals surface area contributed by atoms with Crippen LogP contribution < -0.4 is 11.1 Å². The summed E-state index contributed by atoms with van der Waals surface area (Å²) in [5, 5.41) is 2.93. The molecule has 1 aliphatic heterocycles. The Kier molecular flexibility index (Phi) is 6.17. The van der Waals surface area contributed by atoms with Crippen LogP contribution in [0.2, 0.25) is 0 Å². The van der Waals surface area contributed by atoms with Gasteiger partial charge in [-0.3, -0.25) is 4.79 Å². The molecule has 0 radical (unpaired) electrons. The first-order valence-corrected chi connectivity index (χ1v) is 7.67. The molecule has 1 aliphatic rings. The van der Waals surface area contributed by atoms with Gasteiger partial charge in [-0.25, -0.2) is 0 Å². The van der Waals surface area contributed by atoms with Gasteiger partial charge in [-0.1, -0.05) is 12.1 Å². The van der Waals surface area contributed by atoms with Crippen molar-refractivity contribution in [2.24, 2.45) is 5.73 Å². The van der Waals surface area contributed by atoms with Gasteiger partial charge in [-0.15, -0.1) is 0 Å². The second-order valence-electron chi connectivity index (χ2n) is 5.70. The van der Waals surface area contributed by atoms with E-state index < -0.39 is 0 Å². The Labute approximate surface area is 127 Å². The zero-order valence-corrected chi connectivity index (χ0v) is 12.8. The molecule has 5 nitrogen and oxygen atoms in total. The van der Waals surface area contributed by atoms with E-state index in [1.165, 1.54) is 0 Å². The van der Waals surface area contributed by atoms with E-state index >= 15 is 0 Å². The number of nitrogens with one attached hydrogen (secondary N) is 1. The van der Waals surface area contributed by atoms with E-state index in [9.17, 15) is 4.79 Å². The zero-order valence-electron chi connectivity index (χ0n) is 12.8. The highest BCUT2D eigenvalue weighted by atomic mass is 16.1. The van der Waals surface area contributed by atoms with Gasteiger partial charge < -0.3 is 20.9 Å². The van der Waals surface area contributed by atoms with E-state index in [1.54, 1.807) is 0 Å². The van der Waals surface area contributed by atoms with Crippen LogP contribution in [0.4, 0.5) is 5.69 Å². The summed E-state index contributed by atoms with van der Waals surface area (Å²) in [6.07, 6.45) is 1.49. The predicted octanol–water partition coefficient (Wildman–Crippen LogP) is 1.11. The van der Waals surface area contributed by atoms with Crippen LogP contribution in [0.3, 0.4) is 0 Å². The van der Waals surface area contributed by atoms with Crippen molar-refractivity contribution in [2.45, 2.75) is 19.4 Å². The number of amides is 1. The smallest absolute Gasteiger partial charge is 0.224 e. The molecule has 5 heteroatoms. The lowest BCUT2D eigenvalue weighted by Gasteiger charge is -2.32. The van der Waals surface area contributed by atoms with Gasteiger partial charge in [-0.2, -0.15) is 0 Å². The van der Waals surface area contributed by atoms with Gasteiger partial charge >= 0.3 is 0 Å². The summed E-state index contributed by atoms with van der Waals surface area (Å²) in [5.41, 5.74) is 7.47. The largest absolute Gasteiger partial charge is 0.326 e. The van der Waals surface area contributed by atoms with Gasteiger partial charge in [0.15, 0.2) is 0 Å². The second kappa shape index (κ2) is 8.12. The molecule has 0 aromatic heterocycles. The molecule has 1 aromatic rings. The first-order chi connectivity index (χ1) is 10.2. The Morgan fingerprint density at radius 3 is 2.48 bits per heavy atom. The number of nitrogens with two attached hydrogens (primary N) is 1. The monoisotopic (exact) mass is 290 g/mol. The van der Waals surface area contributed by atoms with E-state index in [1.807, 2.05) is 24.3 Å². The Bertz CT molecular complexity index is 438. The molecule has 0 saturated carbocycles. The third-order valence-corrected chi connectivity index (χ3v) is 3.95. The van der Waals surface area contributed by atoms with Crippen LogP contribution in [0.5, 0.6) is 0 Å². The normalized spacial score (nSPS) is 16.9. The molecule has 1 aromatic carbocycles. The molecule has 0 atom stereocenters. The number of hydrogen-bond acceptors (Lipinski definition) is 4. The van der Waals surface area contributed by atoms with Crippen LogP contribution in [0.25, 0.3) is 0 Å². The van der Waals surface area contributed by atoms with E-state index in [-0.39, 0.29) is 5.91 Å². The molecule has 1 heterocycles. The van der Waals surface area contributed by atoms with Crippen molar-refractivity contribution in [3.05, 3.63) is 29.8 Å². The topological polar surface area (TPSA) is 61.6 Å². The van der Waals surface area contributed by atoms with Crippen LogP contribution in [0.15, 0.2) is 24.3 Å². The molecule has 116 valence electrons. The number of benzene rings is 1. The Morgan fingerprint density at radius 2 is 1.86 bits per heavy atom. The van der Waals surface area contributed by atoms with E-state index in [0.717, 1.165) is 50.4 Å². The molecule has 1 amide bonds. The van der Waals surface area contributed by atoms with Crippen LogP contribution in [-0.4, -0.2) is 55.5 Å². The minimum atomic E-state index is 0.0876. The number of hydrogen-bond donors (Lipinski definition) is 2. The highest BCUT2D eigenvalue weighted by molar-refractivity contribution is 5.90. The highest BCUT2D eigenvalue weighted by Gasteiger charge is 2.13. The molecule has 0 bridgehead atoms. The second-order valence-corrected chi connectivity index (χ2v) is 5.70. The Morgan fingerprint density at radius 1 is 1.19 bits per heavy atom. The molecule has 0 aliphatic carbocycles. The first-order valence-electron chi connectivity index (χ1n) is 7.67. The Balaban J connectivity index is 1.65. The SMILES string of the molecule is CN1CCN(CCCC(=O)Nc2ccc(CN)cc2)CC1. The summed E-state index contributed by atoms with van der Waals surface area (Å²) in [7, 11) is 2.15. The van der Waals surface area contributed by atoms with Crippen molar-refractivity contribution < 1.29 is 4.79 Å². The van der Waals surface area contributed by atoms with Gasteiger partial charge in [0.25, 0.3) is 0 Å². The summed E-state index contributed by atoms with van der Waals surface area (Å²) >= 11 is 0. The van der Waals surface area contributed by atoms with Crippen molar-refractivity contribution >= 4 is 11.6 Å². The number of anilines is 1. The minimum Gasteiger partial charge on any atom is -0.326 e. The maximum Gasteiger partial charge on any atom is 0.224 e. The molecule has 3 N–H and O–H groups in total. The first kappa shape index (κ1) is 15.9. The quantitative estimate of drug-likeness (QED) is 0.824. The van der Waals surface area contributed by atoms with Crippen LogP contribution in [0, 0.1) is 0 Å². The third-order valence-electron chi connectivity index (χ3n) is 3.95. The van der Waals surface area contributed by atoms with Crippen molar-refractivity contribution in [2.75, 3.05) is 45.1 Å². The minimum absolute atomic E-state index is 0.0876. The number of nitrogens with zero attached hydrogens (tertiary/aromatic N) is 2. The molecular weight excluding hydrogens is 264 g/mol. The van der Waals surface area contributed by atoms with Gasteiger partial charge in [-0.05, 0) is 37.7 Å². The van der Waals surface area contributed by atoms with Gasteiger partial charge in [0, 0.05) is 44.8 Å². The average Bonchev–Trinajstić information content (AvgIpc) is 2.50. The number of likely N-dealkylation sites (N-methyl/N-ethyl adjacent to an activating group) is 1. The van der Waals surface area contributed by atoms with Crippen molar-refractivity contribution in [1.82, 2.24) is 9.80 Å². The molecule has 21 heavy (non-hydrogen) atoms. The third kappa shape index (κ3) is 5.46. The highest BCUT2D eigenvalue weighted by Crippen LogP contribution is 2.10. The van der Waals surface area contributed by atoms with Crippen LogP contribution >= 0.6 is 0 Å². The fourth-order valence-corrected chi connectivity index (χ4v) is 2.48. The molecule has 1 fully saturated rings. The van der Waals surface area contributed by atoms with Gasteiger partial charge in [0.05, 0.1) is 0 Å². The van der Waals surface area contributed by atoms with E-state index in [2.05, 4.69) is 22.2 Å². The Hall–Kier alpha value is -1.43. The van der Waals surface area contributed by atoms with Gasteiger partial charge in [0.1, 0.15) is 0 Å². The average molecular weight is 290 g/mol. The number of carbonyl (C=O) groups is 1. The maximum atomic E-state index is 11.9. The maximum absolute atomic E-state index is 11.9. The predicted molar refractivity (Wildman–Crippen MR) is 86.1 cm³/mol. The number of rotatable bonds is 6. The zero-order chi connectivity index (χ0) is 15.1. The summed E-state index contributed by atoms with van der Waals surface area (Å²) in [4.78, 5) is 16.7. The molecule has 1 saturated heterocycles. The van der Waals surface area contributed by atoms with Crippen LogP contribution in [0.1, 0.15) is 18.4 Å². The number of piperazine rings is 1. The number of carbonyl (C=O) groups excluding carboxylic acids is 1. The molecular formula is C16H26N4O. The summed E-state index contributed by atoms with van der Waals surface area (Å²) in [6.45, 7) is 6.00. The van der Waals surface area contributed by atoms with Gasteiger partial charge in [0.2, 0.25) is 5.91 Å². The fraction of sp³-hybridized carbons (Fsp3) is 0.562. The molecule has 0 spiro atoms. The van der Waals surface area contributed by atoms with E-state index in [0.29, 0.717) is 13.0 Å². The lowest BCUT2D eigenvalue weighted by atomic mass is 10.2.